The molecule has 7 heteroatoms. The van der Waals surface area contributed by atoms with Crippen molar-refractivity contribution in [1.29, 1.82) is 0 Å². The normalized spacial score (nSPS) is 14.4. The maximum atomic E-state index is 13.1. The number of halogens is 1. The van der Waals surface area contributed by atoms with Crippen molar-refractivity contribution in [3.05, 3.63) is 42.5 Å². The number of anilines is 3. The molecular weight excluding hydrogens is 295 g/mol. The fourth-order valence-electron chi connectivity index (χ4n) is 2.67. The zero-order valence-corrected chi connectivity index (χ0v) is 12.4. The first-order valence-electron chi connectivity index (χ1n) is 7.56. The predicted octanol–water partition coefficient (Wildman–Crippen LogP) is 2.90. The van der Waals surface area contributed by atoms with Gasteiger partial charge in [-0.2, -0.15) is 9.97 Å². The average Bonchev–Trinajstić information content (AvgIpc) is 3.11. The maximum absolute atomic E-state index is 13.1. The fourth-order valence-corrected chi connectivity index (χ4v) is 2.67. The van der Waals surface area contributed by atoms with Crippen LogP contribution in [0.3, 0.4) is 0 Å². The second kappa shape index (κ2) is 5.75. The van der Waals surface area contributed by atoms with Gasteiger partial charge in [-0.1, -0.05) is 0 Å². The SMILES string of the molecule is Fc1ccc(Nc2nc(N3CCCC3)nc3nccnc23)cc1. The molecule has 1 aliphatic rings. The minimum absolute atomic E-state index is 0.277. The molecule has 1 saturated heterocycles. The third-order valence-electron chi connectivity index (χ3n) is 3.82. The van der Waals surface area contributed by atoms with E-state index in [1.165, 1.54) is 12.1 Å². The zero-order valence-electron chi connectivity index (χ0n) is 12.4. The summed E-state index contributed by atoms with van der Waals surface area (Å²) in [6.07, 6.45) is 5.51. The number of nitrogens with zero attached hydrogens (tertiary/aromatic N) is 5. The zero-order chi connectivity index (χ0) is 15.6. The lowest BCUT2D eigenvalue weighted by atomic mass is 10.3. The lowest BCUT2D eigenvalue weighted by molar-refractivity contribution is 0.628. The largest absolute Gasteiger partial charge is 0.341 e. The Bertz CT molecular complexity index is 830. The van der Waals surface area contributed by atoms with E-state index in [0.717, 1.165) is 31.6 Å². The fraction of sp³-hybridized carbons (Fsp3) is 0.250. The van der Waals surface area contributed by atoms with Gasteiger partial charge in [0.05, 0.1) is 0 Å². The summed E-state index contributed by atoms with van der Waals surface area (Å²) in [5.74, 6) is 0.956. The molecule has 116 valence electrons. The summed E-state index contributed by atoms with van der Waals surface area (Å²) < 4.78 is 13.1. The third kappa shape index (κ3) is 2.77. The molecule has 6 nitrogen and oxygen atoms in total. The predicted molar refractivity (Wildman–Crippen MR) is 86.3 cm³/mol. The van der Waals surface area contributed by atoms with Gasteiger partial charge >= 0.3 is 0 Å². The number of fused-ring (bicyclic) bond motifs is 1. The van der Waals surface area contributed by atoms with Crippen LogP contribution >= 0.6 is 0 Å². The number of hydrogen-bond donors (Lipinski definition) is 1. The maximum Gasteiger partial charge on any atom is 0.229 e. The number of aromatic nitrogens is 4. The first-order valence-corrected chi connectivity index (χ1v) is 7.56. The minimum atomic E-state index is -0.277. The summed E-state index contributed by atoms with van der Waals surface area (Å²) in [5, 5.41) is 3.19. The van der Waals surface area contributed by atoms with Gasteiger partial charge in [-0.05, 0) is 37.1 Å². The Kier molecular flexibility index (Phi) is 3.45. The van der Waals surface area contributed by atoms with Crippen molar-refractivity contribution in [2.45, 2.75) is 12.8 Å². The van der Waals surface area contributed by atoms with Crippen molar-refractivity contribution in [2.24, 2.45) is 0 Å². The smallest absolute Gasteiger partial charge is 0.229 e. The number of nitrogens with one attached hydrogen (secondary N) is 1. The van der Waals surface area contributed by atoms with Crippen LogP contribution in [0.5, 0.6) is 0 Å². The lowest BCUT2D eigenvalue weighted by Gasteiger charge is -2.17. The van der Waals surface area contributed by atoms with Crippen molar-refractivity contribution in [2.75, 3.05) is 23.3 Å². The molecule has 0 spiro atoms. The molecule has 23 heavy (non-hydrogen) atoms. The van der Waals surface area contributed by atoms with Crippen LogP contribution in [0.1, 0.15) is 12.8 Å². The molecule has 0 unspecified atom stereocenters. The molecule has 0 bridgehead atoms. The highest BCUT2D eigenvalue weighted by molar-refractivity contribution is 5.85. The number of rotatable bonds is 3. The standard InChI is InChI=1S/C16H15FN6/c17-11-3-5-12(6-4-11)20-15-13-14(19-8-7-18-13)21-16(22-15)23-9-1-2-10-23/h3-8H,1-2,9-10H2,(H,19,20,21,22). The summed E-state index contributed by atoms with van der Waals surface area (Å²) in [4.78, 5) is 19.9. The quantitative estimate of drug-likeness (QED) is 0.802. The Hall–Kier alpha value is -2.83. The summed E-state index contributed by atoms with van der Waals surface area (Å²) in [5.41, 5.74) is 1.89. The van der Waals surface area contributed by atoms with E-state index in [-0.39, 0.29) is 5.82 Å². The molecule has 0 aliphatic carbocycles. The first-order chi connectivity index (χ1) is 11.3. The molecule has 0 radical (unpaired) electrons. The van der Waals surface area contributed by atoms with Gasteiger partial charge < -0.3 is 10.2 Å². The van der Waals surface area contributed by atoms with Gasteiger partial charge in [0.1, 0.15) is 5.82 Å². The third-order valence-corrected chi connectivity index (χ3v) is 3.82. The molecule has 3 aromatic rings. The molecule has 3 heterocycles. The Morgan fingerprint density at radius 3 is 2.48 bits per heavy atom. The van der Waals surface area contributed by atoms with Crippen LogP contribution < -0.4 is 10.2 Å². The molecule has 2 aromatic heterocycles. The van der Waals surface area contributed by atoms with Crippen molar-refractivity contribution >= 4 is 28.6 Å². The Labute approximate surface area is 132 Å². The molecule has 1 N–H and O–H groups in total. The van der Waals surface area contributed by atoms with E-state index in [2.05, 4.69) is 30.2 Å². The van der Waals surface area contributed by atoms with Crippen molar-refractivity contribution in [3.8, 4) is 0 Å². The molecule has 0 saturated carbocycles. The summed E-state index contributed by atoms with van der Waals surface area (Å²) in [6, 6.07) is 6.13. The Morgan fingerprint density at radius 2 is 1.70 bits per heavy atom. The van der Waals surface area contributed by atoms with Crippen molar-refractivity contribution < 1.29 is 4.39 Å². The molecule has 0 amide bonds. The summed E-state index contributed by atoms with van der Waals surface area (Å²) >= 11 is 0. The van der Waals surface area contributed by atoms with E-state index in [1.54, 1.807) is 24.5 Å². The van der Waals surface area contributed by atoms with Crippen LogP contribution in [0, 0.1) is 5.82 Å². The van der Waals surface area contributed by atoms with Gasteiger partial charge in [0.2, 0.25) is 5.95 Å². The van der Waals surface area contributed by atoms with Gasteiger partial charge in [0, 0.05) is 31.2 Å². The van der Waals surface area contributed by atoms with Crippen LogP contribution in [-0.2, 0) is 0 Å². The van der Waals surface area contributed by atoms with E-state index in [9.17, 15) is 4.39 Å². The van der Waals surface area contributed by atoms with Gasteiger partial charge in [-0.3, -0.25) is 0 Å². The highest BCUT2D eigenvalue weighted by Gasteiger charge is 2.18. The Balaban J connectivity index is 1.77. The number of benzene rings is 1. The summed E-state index contributed by atoms with van der Waals surface area (Å²) in [6.45, 7) is 1.89. The van der Waals surface area contributed by atoms with Gasteiger partial charge in [-0.25, -0.2) is 14.4 Å². The highest BCUT2D eigenvalue weighted by atomic mass is 19.1. The van der Waals surface area contributed by atoms with Gasteiger partial charge in [-0.15, -0.1) is 0 Å². The lowest BCUT2D eigenvalue weighted by Crippen LogP contribution is -2.21. The molecule has 1 aliphatic heterocycles. The minimum Gasteiger partial charge on any atom is -0.341 e. The highest BCUT2D eigenvalue weighted by Crippen LogP contribution is 2.25. The van der Waals surface area contributed by atoms with Crippen LogP contribution in [0.25, 0.3) is 11.2 Å². The van der Waals surface area contributed by atoms with Gasteiger partial charge in [0.25, 0.3) is 0 Å². The topological polar surface area (TPSA) is 66.8 Å². The summed E-state index contributed by atoms with van der Waals surface area (Å²) in [7, 11) is 0. The monoisotopic (exact) mass is 310 g/mol. The van der Waals surface area contributed by atoms with E-state index < -0.39 is 0 Å². The molecule has 1 fully saturated rings. The van der Waals surface area contributed by atoms with Crippen molar-refractivity contribution in [3.63, 3.8) is 0 Å². The van der Waals surface area contributed by atoms with Crippen molar-refractivity contribution in [1.82, 2.24) is 19.9 Å². The van der Waals surface area contributed by atoms with E-state index in [4.69, 9.17) is 0 Å². The molecule has 4 rings (SSSR count). The molecular formula is C16H15FN6. The second-order valence-electron chi connectivity index (χ2n) is 5.43. The van der Waals surface area contributed by atoms with E-state index in [1.807, 2.05) is 0 Å². The van der Waals surface area contributed by atoms with Crippen LogP contribution in [0.4, 0.5) is 21.8 Å². The van der Waals surface area contributed by atoms with Crippen LogP contribution in [0.15, 0.2) is 36.7 Å². The second-order valence-corrected chi connectivity index (χ2v) is 5.43. The van der Waals surface area contributed by atoms with E-state index in [0.29, 0.717) is 22.9 Å². The van der Waals surface area contributed by atoms with Gasteiger partial charge in [0.15, 0.2) is 17.0 Å². The van der Waals surface area contributed by atoms with Crippen LogP contribution in [-0.4, -0.2) is 33.0 Å². The molecule has 0 atom stereocenters. The Morgan fingerprint density at radius 1 is 0.957 bits per heavy atom. The first kappa shape index (κ1) is 13.8. The van der Waals surface area contributed by atoms with E-state index >= 15 is 0 Å². The average molecular weight is 310 g/mol. The molecule has 1 aromatic carbocycles. The van der Waals surface area contributed by atoms with Crippen LogP contribution in [0.2, 0.25) is 0 Å². The number of hydrogen-bond acceptors (Lipinski definition) is 6.